The van der Waals surface area contributed by atoms with Crippen LogP contribution in [0.1, 0.15) is 16.7 Å². The number of anilines is 1. The predicted octanol–water partition coefficient (Wildman–Crippen LogP) is 4.08. The lowest BCUT2D eigenvalue weighted by Gasteiger charge is -2.09. The topological polar surface area (TPSA) is 35.8 Å². The van der Waals surface area contributed by atoms with Crippen molar-refractivity contribution in [1.29, 1.82) is 5.26 Å². The van der Waals surface area contributed by atoms with E-state index in [2.05, 4.69) is 52.2 Å². The highest BCUT2D eigenvalue weighted by atomic mass is 127. The Kier molecular flexibility index (Phi) is 4.21. The van der Waals surface area contributed by atoms with E-state index in [9.17, 15) is 0 Å². The Bertz CT molecular complexity index is 600. The van der Waals surface area contributed by atoms with Gasteiger partial charge in [0.25, 0.3) is 0 Å². The Balaban J connectivity index is 2.09. The lowest BCUT2D eigenvalue weighted by Crippen LogP contribution is -2.01. The summed E-state index contributed by atoms with van der Waals surface area (Å²) >= 11 is 2.30. The van der Waals surface area contributed by atoms with Crippen LogP contribution in [-0.2, 0) is 6.54 Å². The molecule has 18 heavy (non-hydrogen) atoms. The molecule has 90 valence electrons. The summed E-state index contributed by atoms with van der Waals surface area (Å²) in [4.78, 5) is 0. The smallest absolute Gasteiger partial charge is 0.0991 e. The quantitative estimate of drug-likeness (QED) is 0.849. The number of nitriles is 1. The first-order valence-electron chi connectivity index (χ1n) is 5.68. The third-order valence-corrected chi connectivity index (χ3v) is 3.45. The summed E-state index contributed by atoms with van der Waals surface area (Å²) < 4.78 is 1.22. The SMILES string of the molecule is Cc1cc(C#N)ccc1CNc1cccc(I)c1. The molecule has 0 aliphatic heterocycles. The lowest BCUT2D eigenvalue weighted by molar-refractivity contribution is 1.12. The number of benzene rings is 2. The molecule has 1 N–H and O–H groups in total. The number of rotatable bonds is 3. The molecule has 0 fully saturated rings. The van der Waals surface area contributed by atoms with Crippen LogP contribution in [0.3, 0.4) is 0 Å². The van der Waals surface area contributed by atoms with Crippen LogP contribution < -0.4 is 5.32 Å². The van der Waals surface area contributed by atoms with Crippen LogP contribution in [0, 0.1) is 21.8 Å². The van der Waals surface area contributed by atoms with Gasteiger partial charge >= 0.3 is 0 Å². The second kappa shape index (κ2) is 5.87. The van der Waals surface area contributed by atoms with E-state index in [1.807, 2.05) is 31.2 Å². The van der Waals surface area contributed by atoms with Gasteiger partial charge in [-0.05, 0) is 71.0 Å². The van der Waals surface area contributed by atoms with Crippen LogP contribution in [0.25, 0.3) is 0 Å². The van der Waals surface area contributed by atoms with E-state index < -0.39 is 0 Å². The first-order valence-corrected chi connectivity index (χ1v) is 6.76. The van der Waals surface area contributed by atoms with E-state index in [0.717, 1.165) is 17.8 Å². The number of nitrogens with zero attached hydrogens (tertiary/aromatic N) is 1. The van der Waals surface area contributed by atoms with Gasteiger partial charge < -0.3 is 5.32 Å². The van der Waals surface area contributed by atoms with E-state index in [1.54, 1.807) is 0 Å². The van der Waals surface area contributed by atoms with Gasteiger partial charge in [-0.2, -0.15) is 5.26 Å². The van der Waals surface area contributed by atoms with Gasteiger partial charge in [-0.1, -0.05) is 12.1 Å². The van der Waals surface area contributed by atoms with Crippen LogP contribution >= 0.6 is 22.6 Å². The van der Waals surface area contributed by atoms with Crippen molar-refractivity contribution in [2.75, 3.05) is 5.32 Å². The van der Waals surface area contributed by atoms with Gasteiger partial charge in [-0.15, -0.1) is 0 Å². The molecule has 0 aliphatic carbocycles. The van der Waals surface area contributed by atoms with Crippen molar-refractivity contribution >= 4 is 28.3 Å². The summed E-state index contributed by atoms with van der Waals surface area (Å²) in [5.41, 5.74) is 4.19. The molecule has 0 saturated heterocycles. The molecule has 0 radical (unpaired) electrons. The molecule has 2 aromatic rings. The van der Waals surface area contributed by atoms with Gasteiger partial charge in [0.05, 0.1) is 11.6 Å². The number of aryl methyl sites for hydroxylation is 1. The summed E-state index contributed by atoms with van der Waals surface area (Å²) in [6.45, 7) is 2.81. The molecule has 0 unspecified atom stereocenters. The van der Waals surface area contributed by atoms with E-state index in [-0.39, 0.29) is 0 Å². The molecule has 2 aromatic carbocycles. The zero-order valence-corrected chi connectivity index (χ0v) is 12.2. The molecule has 0 bridgehead atoms. The predicted molar refractivity (Wildman–Crippen MR) is 82.4 cm³/mol. The largest absolute Gasteiger partial charge is 0.381 e. The number of hydrogen-bond acceptors (Lipinski definition) is 2. The highest BCUT2D eigenvalue weighted by Gasteiger charge is 2.00. The molecule has 0 saturated carbocycles. The normalized spacial score (nSPS) is 9.83. The van der Waals surface area contributed by atoms with Crippen molar-refractivity contribution in [3.05, 3.63) is 62.7 Å². The van der Waals surface area contributed by atoms with E-state index in [1.165, 1.54) is 9.13 Å². The summed E-state index contributed by atoms with van der Waals surface area (Å²) in [6.07, 6.45) is 0. The minimum atomic E-state index is 0.713. The summed E-state index contributed by atoms with van der Waals surface area (Å²) in [5.74, 6) is 0. The molecule has 0 amide bonds. The maximum atomic E-state index is 8.82. The van der Waals surface area contributed by atoms with E-state index >= 15 is 0 Å². The van der Waals surface area contributed by atoms with Crippen LogP contribution in [0.4, 0.5) is 5.69 Å². The van der Waals surface area contributed by atoms with E-state index in [4.69, 9.17) is 5.26 Å². The van der Waals surface area contributed by atoms with Crippen LogP contribution in [0.2, 0.25) is 0 Å². The Morgan fingerprint density at radius 1 is 1.22 bits per heavy atom. The van der Waals surface area contributed by atoms with Crippen LogP contribution in [0.5, 0.6) is 0 Å². The first-order chi connectivity index (χ1) is 8.69. The second-order valence-corrected chi connectivity index (χ2v) is 5.36. The maximum Gasteiger partial charge on any atom is 0.0991 e. The number of hydrogen-bond donors (Lipinski definition) is 1. The lowest BCUT2D eigenvalue weighted by atomic mass is 10.1. The average molecular weight is 348 g/mol. The van der Waals surface area contributed by atoms with E-state index in [0.29, 0.717) is 5.56 Å². The number of nitrogens with one attached hydrogen (secondary N) is 1. The van der Waals surface area contributed by atoms with Crippen molar-refractivity contribution in [3.8, 4) is 6.07 Å². The molecule has 0 spiro atoms. The standard InChI is InChI=1S/C15H13IN2/c1-11-7-12(9-17)5-6-13(11)10-18-15-4-2-3-14(16)8-15/h2-8,18H,10H2,1H3. The minimum Gasteiger partial charge on any atom is -0.381 e. The molecule has 2 nitrogen and oxygen atoms in total. The molecule has 2 rings (SSSR count). The molecular weight excluding hydrogens is 335 g/mol. The molecule has 0 atom stereocenters. The van der Waals surface area contributed by atoms with Crippen molar-refractivity contribution in [2.45, 2.75) is 13.5 Å². The molecule has 0 heterocycles. The summed E-state index contributed by atoms with van der Waals surface area (Å²) in [5, 5.41) is 12.2. The monoisotopic (exact) mass is 348 g/mol. The third-order valence-electron chi connectivity index (χ3n) is 2.78. The Labute approximate surface area is 121 Å². The van der Waals surface area contributed by atoms with Gasteiger partial charge in [-0.25, -0.2) is 0 Å². The molecule has 0 aromatic heterocycles. The average Bonchev–Trinajstić information content (AvgIpc) is 2.37. The molecule has 0 aliphatic rings. The third kappa shape index (κ3) is 3.23. The Morgan fingerprint density at radius 3 is 2.72 bits per heavy atom. The van der Waals surface area contributed by atoms with Crippen molar-refractivity contribution in [1.82, 2.24) is 0 Å². The molecule has 3 heteroatoms. The fourth-order valence-corrected chi connectivity index (χ4v) is 2.30. The summed E-state index contributed by atoms with van der Waals surface area (Å²) in [6, 6.07) is 16.2. The highest BCUT2D eigenvalue weighted by molar-refractivity contribution is 14.1. The van der Waals surface area contributed by atoms with Gasteiger partial charge in [0, 0.05) is 15.8 Å². The fourth-order valence-electron chi connectivity index (χ4n) is 1.76. The number of halogens is 1. The van der Waals surface area contributed by atoms with Crippen molar-refractivity contribution < 1.29 is 0 Å². The highest BCUT2D eigenvalue weighted by Crippen LogP contribution is 2.16. The Hall–Kier alpha value is -1.54. The zero-order valence-electron chi connectivity index (χ0n) is 10.1. The van der Waals surface area contributed by atoms with Crippen molar-refractivity contribution in [3.63, 3.8) is 0 Å². The zero-order chi connectivity index (χ0) is 13.0. The van der Waals surface area contributed by atoms with Gasteiger partial charge in [0.1, 0.15) is 0 Å². The first kappa shape index (κ1) is 12.9. The second-order valence-electron chi connectivity index (χ2n) is 4.12. The van der Waals surface area contributed by atoms with Gasteiger partial charge in [0.15, 0.2) is 0 Å². The molecular formula is C15H13IN2. The van der Waals surface area contributed by atoms with Gasteiger partial charge in [0.2, 0.25) is 0 Å². The summed E-state index contributed by atoms with van der Waals surface area (Å²) in [7, 11) is 0. The van der Waals surface area contributed by atoms with Crippen LogP contribution in [0.15, 0.2) is 42.5 Å². The van der Waals surface area contributed by atoms with Crippen LogP contribution in [-0.4, -0.2) is 0 Å². The minimum absolute atomic E-state index is 0.713. The maximum absolute atomic E-state index is 8.82. The fraction of sp³-hybridized carbons (Fsp3) is 0.133. The van der Waals surface area contributed by atoms with Crippen molar-refractivity contribution in [2.24, 2.45) is 0 Å². The van der Waals surface area contributed by atoms with Gasteiger partial charge in [-0.3, -0.25) is 0 Å². The Morgan fingerprint density at radius 2 is 2.06 bits per heavy atom.